The van der Waals surface area contributed by atoms with Crippen LogP contribution in [0.3, 0.4) is 0 Å². The summed E-state index contributed by atoms with van der Waals surface area (Å²) < 4.78 is 79.9. The Balaban J connectivity index is 0.947. The predicted molar refractivity (Wildman–Crippen MR) is 229 cm³/mol. The van der Waals surface area contributed by atoms with Gasteiger partial charge in [-0.05, 0) is 72.5 Å². The number of pyridine rings is 1. The second kappa shape index (κ2) is 18.3. The number of aromatic nitrogens is 3. The molecule has 0 unspecified atom stereocenters. The quantitative estimate of drug-likeness (QED) is 0.0968. The van der Waals surface area contributed by atoms with Crippen molar-refractivity contribution in [3.8, 4) is 0 Å². The van der Waals surface area contributed by atoms with Gasteiger partial charge in [0.15, 0.2) is 10.9 Å². The number of nitrogens with one attached hydrogen (secondary N) is 3. The van der Waals surface area contributed by atoms with Gasteiger partial charge in [0.2, 0.25) is 0 Å². The number of imidazole rings is 1. The first-order valence-corrected chi connectivity index (χ1v) is 22.8. The number of halogens is 3. The number of nitrogens with zero attached hydrogens (tertiary/aromatic N) is 5. The van der Waals surface area contributed by atoms with Crippen molar-refractivity contribution in [2.24, 2.45) is 0 Å². The molecule has 0 saturated carbocycles. The van der Waals surface area contributed by atoms with Crippen LogP contribution in [-0.2, 0) is 33.9 Å². The highest BCUT2D eigenvalue weighted by Crippen LogP contribution is 2.37. The number of anilines is 3. The number of alkyl halides is 3. The van der Waals surface area contributed by atoms with E-state index in [9.17, 15) is 31.2 Å². The van der Waals surface area contributed by atoms with Crippen LogP contribution in [0.5, 0.6) is 0 Å². The van der Waals surface area contributed by atoms with Crippen LogP contribution in [0.2, 0.25) is 0 Å². The molecule has 3 N–H and O–H groups in total. The zero-order valence-electron chi connectivity index (χ0n) is 32.6. The maximum atomic E-state index is 14.6. The summed E-state index contributed by atoms with van der Waals surface area (Å²) >= 11 is 2.62. The lowest BCUT2D eigenvalue weighted by molar-refractivity contribution is -0.137. The molecule has 318 valence electrons. The van der Waals surface area contributed by atoms with Gasteiger partial charge in [-0.15, -0.1) is 23.1 Å². The number of sulfonamides is 1. The van der Waals surface area contributed by atoms with Crippen molar-refractivity contribution in [1.82, 2.24) is 24.0 Å². The summed E-state index contributed by atoms with van der Waals surface area (Å²) in [6.45, 7) is 4.08. The molecular weight excluding hydrogens is 850 g/mol. The molecule has 3 aromatic carbocycles. The minimum absolute atomic E-state index is 0.222. The van der Waals surface area contributed by atoms with Crippen LogP contribution in [0.15, 0.2) is 112 Å². The second-order valence-corrected chi connectivity index (χ2v) is 18.1. The smallest absolute Gasteiger partial charge is 0.381 e. The summed E-state index contributed by atoms with van der Waals surface area (Å²) in [5.41, 5.74) is 1.23. The van der Waals surface area contributed by atoms with E-state index in [-0.39, 0.29) is 23.8 Å². The SMILES string of the molecule is O=C(NS(=O)(=O)c1ccc(N[C@H](CCN2CCOCC2)CSc2ccccc2)c(C(F)(F)F)c1)c1csc(N2CCc3cccc(C(=O)Nc4cn5ccccc5n4)c3C2)n1. The van der Waals surface area contributed by atoms with Crippen molar-refractivity contribution in [3.63, 3.8) is 0 Å². The summed E-state index contributed by atoms with van der Waals surface area (Å²) in [6.07, 6.45) is -0.253. The molecule has 6 aromatic rings. The Labute approximate surface area is 358 Å². The van der Waals surface area contributed by atoms with E-state index in [1.807, 2.05) is 76.5 Å². The van der Waals surface area contributed by atoms with E-state index in [0.717, 1.165) is 52.6 Å². The molecule has 0 bridgehead atoms. The molecule has 1 saturated heterocycles. The van der Waals surface area contributed by atoms with Gasteiger partial charge in [0.25, 0.3) is 21.8 Å². The lowest BCUT2D eigenvalue weighted by Crippen LogP contribution is -2.39. The van der Waals surface area contributed by atoms with Crippen molar-refractivity contribution < 1.29 is 35.9 Å². The molecule has 5 heterocycles. The average molecular weight is 891 g/mol. The lowest BCUT2D eigenvalue weighted by atomic mass is 9.94. The summed E-state index contributed by atoms with van der Waals surface area (Å²) in [4.78, 5) is 40.0. The summed E-state index contributed by atoms with van der Waals surface area (Å²) in [5.74, 6) is -0.576. The lowest BCUT2D eigenvalue weighted by Gasteiger charge is -2.29. The number of ether oxygens (including phenoxy) is 1. The number of benzene rings is 3. The molecule has 0 aliphatic carbocycles. The third-order valence-electron chi connectivity index (χ3n) is 10.4. The second-order valence-electron chi connectivity index (χ2n) is 14.5. The van der Waals surface area contributed by atoms with E-state index < -0.39 is 38.6 Å². The van der Waals surface area contributed by atoms with Gasteiger partial charge in [-0.2, -0.15) is 13.2 Å². The molecule has 61 heavy (non-hydrogen) atoms. The van der Waals surface area contributed by atoms with Gasteiger partial charge in [0, 0.05) is 72.2 Å². The van der Waals surface area contributed by atoms with E-state index in [4.69, 9.17) is 4.74 Å². The summed E-state index contributed by atoms with van der Waals surface area (Å²) in [7, 11) is -4.76. The topological polar surface area (TPSA) is 150 Å². The maximum Gasteiger partial charge on any atom is 0.418 e. The van der Waals surface area contributed by atoms with Crippen LogP contribution in [0, 0.1) is 0 Å². The molecule has 8 rings (SSSR count). The Morgan fingerprint density at radius 1 is 0.934 bits per heavy atom. The third-order valence-corrected chi connectivity index (χ3v) is 13.8. The minimum Gasteiger partial charge on any atom is -0.381 e. The highest BCUT2D eigenvalue weighted by atomic mass is 32.2. The van der Waals surface area contributed by atoms with Gasteiger partial charge in [0.1, 0.15) is 11.3 Å². The molecule has 1 fully saturated rings. The fraction of sp³-hybridized carbons (Fsp3) is 0.286. The third kappa shape index (κ3) is 10.2. The molecule has 2 amide bonds. The van der Waals surface area contributed by atoms with Crippen LogP contribution >= 0.6 is 23.1 Å². The molecule has 1 atom stereocenters. The van der Waals surface area contributed by atoms with Gasteiger partial charge in [0.05, 0.1) is 29.9 Å². The van der Waals surface area contributed by atoms with E-state index in [1.54, 1.807) is 16.7 Å². The van der Waals surface area contributed by atoms with Crippen molar-refractivity contribution in [2.45, 2.75) is 41.4 Å². The van der Waals surface area contributed by atoms with Gasteiger partial charge in [-0.25, -0.2) is 23.1 Å². The zero-order valence-corrected chi connectivity index (χ0v) is 35.0. The monoisotopic (exact) mass is 890 g/mol. The first-order valence-electron chi connectivity index (χ1n) is 19.5. The number of hydrogen-bond donors (Lipinski definition) is 3. The van der Waals surface area contributed by atoms with E-state index >= 15 is 0 Å². The Bertz CT molecular complexity index is 2600. The first kappa shape index (κ1) is 42.2. The molecule has 13 nitrogen and oxygen atoms in total. The molecular formula is C42H41F3N8O5S3. The van der Waals surface area contributed by atoms with Crippen molar-refractivity contribution in [2.75, 3.05) is 60.7 Å². The first-order chi connectivity index (χ1) is 29.4. The van der Waals surface area contributed by atoms with Gasteiger partial charge >= 0.3 is 6.18 Å². The van der Waals surface area contributed by atoms with Crippen LogP contribution in [0.4, 0.5) is 29.8 Å². The summed E-state index contributed by atoms with van der Waals surface area (Å²) in [5, 5.41) is 7.72. The van der Waals surface area contributed by atoms with Crippen LogP contribution in [0.25, 0.3) is 5.65 Å². The number of fused-ring (bicyclic) bond motifs is 2. The fourth-order valence-corrected chi connectivity index (χ4v) is 10.0. The number of thiazole rings is 1. The number of carbonyl (C=O) groups is 2. The van der Waals surface area contributed by atoms with Gasteiger partial charge in [-0.1, -0.05) is 36.4 Å². The van der Waals surface area contributed by atoms with Gasteiger partial charge in [-0.3, -0.25) is 14.5 Å². The maximum absolute atomic E-state index is 14.6. The fourth-order valence-electron chi connectivity index (χ4n) is 7.23. The van der Waals surface area contributed by atoms with E-state index in [0.29, 0.717) is 73.1 Å². The highest BCUT2D eigenvalue weighted by molar-refractivity contribution is 7.99. The predicted octanol–water partition coefficient (Wildman–Crippen LogP) is 7.04. The molecule has 3 aromatic heterocycles. The molecule has 19 heteroatoms. The Morgan fingerprint density at radius 2 is 1.74 bits per heavy atom. The Kier molecular flexibility index (Phi) is 12.6. The highest BCUT2D eigenvalue weighted by Gasteiger charge is 2.36. The van der Waals surface area contributed by atoms with Gasteiger partial charge < -0.3 is 24.7 Å². The summed E-state index contributed by atoms with van der Waals surface area (Å²) in [6, 6.07) is 22.9. The number of morpholine rings is 1. The zero-order chi connectivity index (χ0) is 42.6. The standard InChI is InChI=1S/C42H41F3N8O5S3/c43-42(44,45)34-23-31(12-13-35(34)46-29(15-17-51-19-21-58-22-20-51)26-59-30-8-2-1-3-9-30)61(56,57)50-40(55)36-27-60-41(47-36)53-18-14-28-7-6-10-32(33(28)24-53)39(54)49-37-25-52-16-5-4-11-38(52)48-37/h1-13,16,23,25,27,29,46H,14-15,17-22,24,26H2,(H,49,54)(H,50,55)/t29-/m1/s1. The van der Waals surface area contributed by atoms with E-state index in [2.05, 4.69) is 25.5 Å². The van der Waals surface area contributed by atoms with Crippen molar-refractivity contribution in [3.05, 3.63) is 131 Å². The molecule has 0 radical (unpaired) electrons. The van der Waals surface area contributed by atoms with Crippen molar-refractivity contribution >= 4 is 67.2 Å². The van der Waals surface area contributed by atoms with Crippen LogP contribution in [0.1, 0.15) is 44.0 Å². The number of thioether (sulfide) groups is 1. The molecule has 2 aliphatic heterocycles. The normalized spacial score (nSPS) is 15.3. The number of carbonyl (C=O) groups excluding carboxylic acids is 2. The van der Waals surface area contributed by atoms with Crippen LogP contribution in [-0.4, -0.2) is 90.7 Å². The van der Waals surface area contributed by atoms with E-state index in [1.165, 1.54) is 17.1 Å². The number of amides is 2. The molecule has 0 spiro atoms. The number of hydrogen-bond acceptors (Lipinski definition) is 12. The Morgan fingerprint density at radius 3 is 2.52 bits per heavy atom. The largest absolute Gasteiger partial charge is 0.418 e. The number of rotatable bonds is 14. The van der Waals surface area contributed by atoms with Crippen molar-refractivity contribution in [1.29, 1.82) is 0 Å². The Hall–Kier alpha value is -5.47. The molecule has 2 aliphatic rings. The minimum atomic E-state index is -4.91. The average Bonchev–Trinajstić information content (AvgIpc) is 3.92. The van der Waals surface area contributed by atoms with Crippen LogP contribution < -0.4 is 20.3 Å².